The highest BCUT2D eigenvalue weighted by atomic mass is 19.4. The van der Waals surface area contributed by atoms with Crippen LogP contribution in [0.4, 0.5) is 17.6 Å². The van der Waals surface area contributed by atoms with Gasteiger partial charge in [0.2, 0.25) is 0 Å². The van der Waals surface area contributed by atoms with Crippen molar-refractivity contribution in [1.29, 1.82) is 0 Å². The van der Waals surface area contributed by atoms with Gasteiger partial charge in [0.05, 0.1) is 17.3 Å². The van der Waals surface area contributed by atoms with E-state index in [1.54, 1.807) is 12.1 Å². The molecule has 0 aliphatic heterocycles. The van der Waals surface area contributed by atoms with E-state index in [-0.39, 0.29) is 18.4 Å². The number of pyridine rings is 1. The van der Waals surface area contributed by atoms with Gasteiger partial charge in [-0.25, -0.2) is 4.39 Å². The summed E-state index contributed by atoms with van der Waals surface area (Å²) in [6.07, 6.45) is -2.83. The van der Waals surface area contributed by atoms with E-state index in [4.69, 9.17) is 0 Å². The Morgan fingerprint density at radius 2 is 1.60 bits per heavy atom. The highest BCUT2D eigenvalue weighted by Gasteiger charge is 2.64. The molecule has 1 fully saturated rings. The molecule has 0 spiro atoms. The zero-order valence-electron chi connectivity index (χ0n) is 10.4. The van der Waals surface area contributed by atoms with Crippen LogP contribution < -0.4 is 0 Å². The van der Waals surface area contributed by atoms with Crippen LogP contribution in [0.25, 0.3) is 11.3 Å². The smallest absolute Gasteiger partial charge is 0.253 e. The van der Waals surface area contributed by atoms with E-state index in [0.29, 0.717) is 11.3 Å². The van der Waals surface area contributed by atoms with Gasteiger partial charge >= 0.3 is 6.18 Å². The normalized spacial score (nSPS) is 17.0. The number of rotatable bonds is 2. The molecule has 0 saturated heterocycles. The lowest BCUT2D eigenvalue weighted by Gasteiger charge is -2.19. The minimum Gasteiger partial charge on any atom is -0.253 e. The van der Waals surface area contributed by atoms with E-state index >= 15 is 0 Å². The summed E-state index contributed by atoms with van der Waals surface area (Å²) in [7, 11) is 0. The molecule has 1 heterocycles. The van der Waals surface area contributed by atoms with Crippen LogP contribution >= 0.6 is 0 Å². The zero-order valence-corrected chi connectivity index (χ0v) is 10.4. The van der Waals surface area contributed by atoms with Crippen LogP contribution in [-0.2, 0) is 5.41 Å². The van der Waals surface area contributed by atoms with Crippen LogP contribution in [-0.4, -0.2) is 11.2 Å². The van der Waals surface area contributed by atoms with Crippen LogP contribution in [0.2, 0.25) is 0 Å². The summed E-state index contributed by atoms with van der Waals surface area (Å²) in [6.45, 7) is 0. The molecule has 0 amide bonds. The Morgan fingerprint density at radius 1 is 0.950 bits per heavy atom. The summed E-state index contributed by atoms with van der Waals surface area (Å²) >= 11 is 0. The van der Waals surface area contributed by atoms with Crippen LogP contribution in [0.1, 0.15) is 18.4 Å². The Labute approximate surface area is 113 Å². The summed E-state index contributed by atoms with van der Waals surface area (Å²) in [5.74, 6) is -0.445. The second-order valence-electron chi connectivity index (χ2n) is 5.02. The third-order valence-corrected chi connectivity index (χ3v) is 3.75. The van der Waals surface area contributed by atoms with Crippen molar-refractivity contribution >= 4 is 0 Å². The molecule has 0 bridgehead atoms. The van der Waals surface area contributed by atoms with Crippen molar-refractivity contribution in [3.8, 4) is 11.3 Å². The van der Waals surface area contributed by atoms with E-state index in [0.717, 1.165) is 6.20 Å². The number of halogens is 4. The SMILES string of the molecule is Fc1ccc(-c2ccc(C3(C(F)(F)F)CC3)cc2)nc1. The van der Waals surface area contributed by atoms with E-state index in [2.05, 4.69) is 4.98 Å². The third-order valence-electron chi connectivity index (χ3n) is 3.75. The first-order valence-electron chi connectivity index (χ1n) is 6.22. The van der Waals surface area contributed by atoms with Gasteiger partial charge in [0.1, 0.15) is 5.82 Å². The van der Waals surface area contributed by atoms with Gasteiger partial charge in [0, 0.05) is 5.56 Å². The lowest BCUT2D eigenvalue weighted by molar-refractivity contribution is -0.160. The topological polar surface area (TPSA) is 12.9 Å². The molecule has 0 N–H and O–H groups in total. The Balaban J connectivity index is 1.91. The maximum Gasteiger partial charge on any atom is 0.398 e. The number of nitrogens with zero attached hydrogens (tertiary/aromatic N) is 1. The maximum absolute atomic E-state index is 13.0. The van der Waals surface area contributed by atoms with Crippen LogP contribution in [0, 0.1) is 5.82 Å². The molecular weight excluding hydrogens is 270 g/mol. The molecule has 2 aromatic rings. The van der Waals surface area contributed by atoms with Gasteiger partial charge < -0.3 is 0 Å². The fraction of sp³-hybridized carbons (Fsp3) is 0.267. The average Bonchev–Trinajstić information content (AvgIpc) is 3.21. The second kappa shape index (κ2) is 4.30. The standard InChI is InChI=1S/C15H11F4N/c16-12-5-6-13(20-9-12)10-1-3-11(4-2-10)14(7-8-14)15(17,18)19/h1-6,9H,7-8H2. The van der Waals surface area contributed by atoms with Gasteiger partial charge in [0.25, 0.3) is 0 Å². The zero-order chi connectivity index (χ0) is 14.4. The van der Waals surface area contributed by atoms with Gasteiger partial charge in [-0.05, 0) is 30.5 Å². The Hall–Kier alpha value is -1.91. The van der Waals surface area contributed by atoms with Crippen molar-refractivity contribution in [2.75, 3.05) is 0 Å². The van der Waals surface area contributed by atoms with Crippen LogP contribution in [0.5, 0.6) is 0 Å². The van der Waals surface area contributed by atoms with Gasteiger partial charge in [-0.15, -0.1) is 0 Å². The average molecular weight is 281 g/mol. The fourth-order valence-corrected chi connectivity index (χ4v) is 2.37. The van der Waals surface area contributed by atoms with E-state index in [1.165, 1.54) is 24.3 Å². The molecule has 3 rings (SSSR count). The molecule has 104 valence electrons. The first kappa shape index (κ1) is 13.1. The highest BCUT2D eigenvalue weighted by Crippen LogP contribution is 2.58. The predicted molar refractivity (Wildman–Crippen MR) is 66.6 cm³/mol. The molecule has 5 heteroatoms. The molecule has 1 nitrogen and oxygen atoms in total. The van der Waals surface area contributed by atoms with Crippen molar-refractivity contribution in [1.82, 2.24) is 4.98 Å². The van der Waals surface area contributed by atoms with Crippen molar-refractivity contribution in [2.45, 2.75) is 24.4 Å². The van der Waals surface area contributed by atoms with Crippen LogP contribution in [0.3, 0.4) is 0 Å². The predicted octanol–water partition coefficient (Wildman–Crippen LogP) is 4.48. The first-order valence-corrected chi connectivity index (χ1v) is 6.22. The molecule has 1 aromatic carbocycles. The fourth-order valence-electron chi connectivity index (χ4n) is 2.37. The van der Waals surface area contributed by atoms with Crippen molar-refractivity contribution in [3.05, 3.63) is 54.0 Å². The van der Waals surface area contributed by atoms with Crippen LogP contribution in [0.15, 0.2) is 42.6 Å². The highest BCUT2D eigenvalue weighted by molar-refractivity contribution is 5.59. The van der Waals surface area contributed by atoms with E-state index in [1.807, 2.05) is 0 Å². The van der Waals surface area contributed by atoms with E-state index < -0.39 is 17.4 Å². The van der Waals surface area contributed by atoms with Crippen molar-refractivity contribution < 1.29 is 17.6 Å². The molecule has 0 unspecified atom stereocenters. The van der Waals surface area contributed by atoms with Crippen molar-refractivity contribution in [3.63, 3.8) is 0 Å². The monoisotopic (exact) mass is 281 g/mol. The first-order chi connectivity index (χ1) is 9.42. The van der Waals surface area contributed by atoms with Gasteiger partial charge in [0.15, 0.2) is 0 Å². The lowest BCUT2D eigenvalue weighted by atomic mass is 9.94. The number of alkyl halides is 3. The Morgan fingerprint density at radius 3 is 2.05 bits per heavy atom. The van der Waals surface area contributed by atoms with Gasteiger partial charge in [-0.2, -0.15) is 13.2 Å². The number of hydrogen-bond donors (Lipinski definition) is 0. The largest absolute Gasteiger partial charge is 0.398 e. The summed E-state index contributed by atoms with van der Waals surface area (Å²) in [4.78, 5) is 3.91. The summed E-state index contributed by atoms with van der Waals surface area (Å²) in [6, 6.07) is 8.94. The maximum atomic E-state index is 13.0. The van der Waals surface area contributed by atoms with Crippen molar-refractivity contribution in [2.24, 2.45) is 0 Å². The summed E-state index contributed by atoms with van der Waals surface area (Å²) in [5.41, 5.74) is -0.167. The lowest BCUT2D eigenvalue weighted by Crippen LogP contribution is -2.28. The minimum atomic E-state index is -4.21. The molecular formula is C15H11F4N. The summed E-state index contributed by atoms with van der Waals surface area (Å²) < 4.78 is 51.8. The van der Waals surface area contributed by atoms with Gasteiger partial charge in [-0.3, -0.25) is 4.98 Å². The number of aromatic nitrogens is 1. The van der Waals surface area contributed by atoms with E-state index in [9.17, 15) is 17.6 Å². The molecule has 1 saturated carbocycles. The Kier molecular flexibility index (Phi) is 2.81. The molecule has 1 aromatic heterocycles. The molecule has 1 aliphatic rings. The third kappa shape index (κ3) is 2.07. The summed E-state index contributed by atoms with van der Waals surface area (Å²) in [5, 5.41) is 0. The number of benzene rings is 1. The second-order valence-corrected chi connectivity index (χ2v) is 5.02. The minimum absolute atomic E-state index is 0.143. The quantitative estimate of drug-likeness (QED) is 0.739. The van der Waals surface area contributed by atoms with Gasteiger partial charge in [-0.1, -0.05) is 24.3 Å². The molecule has 20 heavy (non-hydrogen) atoms. The molecule has 0 radical (unpaired) electrons. The molecule has 1 aliphatic carbocycles. The number of hydrogen-bond acceptors (Lipinski definition) is 1. The Bertz CT molecular complexity index is 610. The molecule has 0 atom stereocenters.